The fourth-order valence-electron chi connectivity index (χ4n) is 3.98. The average Bonchev–Trinajstić information content (AvgIpc) is 3.46. The van der Waals surface area contributed by atoms with Crippen LogP contribution in [-0.2, 0) is 16.8 Å². The number of thiazole rings is 1. The highest BCUT2D eigenvalue weighted by Crippen LogP contribution is 2.31. The lowest BCUT2D eigenvalue weighted by Gasteiger charge is -2.34. The number of hydrogen-bond acceptors (Lipinski definition) is 8. The molecule has 0 bridgehead atoms. The van der Waals surface area contributed by atoms with E-state index >= 15 is 0 Å². The van der Waals surface area contributed by atoms with Crippen molar-refractivity contribution in [2.24, 2.45) is 0 Å². The number of piperazine rings is 1. The van der Waals surface area contributed by atoms with Crippen LogP contribution in [0.3, 0.4) is 0 Å². The number of nitrogens with zero attached hydrogens (tertiary/aromatic N) is 7. The fourth-order valence-corrected chi connectivity index (χ4v) is 5.73. The van der Waals surface area contributed by atoms with Crippen LogP contribution in [0.2, 0.25) is 0 Å². The molecule has 164 valence electrons. The summed E-state index contributed by atoms with van der Waals surface area (Å²) in [5.74, 6) is 0.568. The molecule has 1 aliphatic heterocycles. The number of thioether (sulfide) groups is 1. The maximum Gasteiger partial charge on any atom is 0.233 e. The van der Waals surface area contributed by atoms with E-state index in [0.29, 0.717) is 11.8 Å². The predicted molar refractivity (Wildman–Crippen MR) is 119 cm³/mol. The first-order valence-corrected chi connectivity index (χ1v) is 12.6. The molecule has 0 radical (unpaired) electrons. The Morgan fingerprint density at radius 1 is 1.20 bits per heavy atom. The number of hydrogen-bond donors (Lipinski definition) is 0. The van der Waals surface area contributed by atoms with Crippen LogP contribution in [-0.4, -0.2) is 72.8 Å². The monoisotopic (exact) mass is 449 g/mol. The van der Waals surface area contributed by atoms with Crippen molar-refractivity contribution in [1.82, 2.24) is 35.0 Å². The zero-order valence-electron chi connectivity index (χ0n) is 18.1. The summed E-state index contributed by atoms with van der Waals surface area (Å²) in [7, 11) is 0. The van der Waals surface area contributed by atoms with Crippen molar-refractivity contribution >= 4 is 29.0 Å². The molecule has 4 rings (SSSR count). The largest absolute Gasteiger partial charge is 0.339 e. The Kier molecular flexibility index (Phi) is 6.74. The van der Waals surface area contributed by atoms with Crippen molar-refractivity contribution in [2.45, 2.75) is 69.6 Å². The van der Waals surface area contributed by atoms with Gasteiger partial charge in [0.1, 0.15) is 0 Å². The van der Waals surface area contributed by atoms with Gasteiger partial charge >= 0.3 is 0 Å². The van der Waals surface area contributed by atoms with E-state index in [2.05, 4.69) is 46.6 Å². The minimum absolute atomic E-state index is 0.100. The molecule has 0 N–H and O–H groups in total. The second-order valence-electron chi connectivity index (χ2n) is 9.18. The molecule has 1 aliphatic carbocycles. The highest BCUT2D eigenvalue weighted by Gasteiger charge is 2.25. The Balaban J connectivity index is 1.23. The number of carbonyl (C=O) groups is 1. The second kappa shape index (κ2) is 9.32. The Morgan fingerprint density at radius 3 is 2.60 bits per heavy atom. The van der Waals surface area contributed by atoms with E-state index in [1.165, 1.54) is 29.6 Å². The molecule has 30 heavy (non-hydrogen) atoms. The fraction of sp³-hybridized carbons (Fsp3) is 0.750. The van der Waals surface area contributed by atoms with E-state index in [-0.39, 0.29) is 11.3 Å². The zero-order chi connectivity index (χ0) is 21.1. The molecule has 2 aromatic rings. The third-order valence-corrected chi connectivity index (χ3v) is 8.00. The van der Waals surface area contributed by atoms with Crippen LogP contribution >= 0.6 is 23.1 Å². The van der Waals surface area contributed by atoms with E-state index in [4.69, 9.17) is 4.98 Å². The van der Waals surface area contributed by atoms with E-state index in [9.17, 15) is 4.79 Å². The number of rotatable bonds is 6. The Morgan fingerprint density at radius 2 is 1.93 bits per heavy atom. The van der Waals surface area contributed by atoms with Gasteiger partial charge in [-0.2, -0.15) is 0 Å². The highest BCUT2D eigenvalue weighted by atomic mass is 32.2. The van der Waals surface area contributed by atoms with E-state index in [0.717, 1.165) is 56.4 Å². The Bertz CT molecular complexity index is 845. The van der Waals surface area contributed by atoms with Crippen molar-refractivity contribution in [3.63, 3.8) is 0 Å². The molecule has 3 heterocycles. The number of amides is 1. The zero-order valence-corrected chi connectivity index (χ0v) is 19.7. The summed E-state index contributed by atoms with van der Waals surface area (Å²) in [6.45, 7) is 10.8. The molecule has 8 nitrogen and oxygen atoms in total. The maximum absolute atomic E-state index is 12.7. The molecule has 0 unspecified atom stereocenters. The van der Waals surface area contributed by atoms with Crippen LogP contribution < -0.4 is 0 Å². The summed E-state index contributed by atoms with van der Waals surface area (Å²) in [5, 5.41) is 16.2. The summed E-state index contributed by atoms with van der Waals surface area (Å²) < 4.78 is 1.92. The standard InChI is InChI=1S/C20H31N7OS2/c1-20(2,3)18-21-15(13-29-18)12-25-8-10-26(11-9-25)17(28)14-30-19-22-23-24-27(19)16-6-4-5-7-16/h13,16H,4-12,14H2,1-3H3. The first-order chi connectivity index (χ1) is 14.4. The molecule has 2 fully saturated rings. The molecule has 0 spiro atoms. The summed E-state index contributed by atoms with van der Waals surface area (Å²) in [6, 6.07) is 0.394. The molecular formula is C20H31N7OS2. The molecule has 2 aliphatic rings. The topological polar surface area (TPSA) is 80.0 Å². The SMILES string of the molecule is CC(C)(C)c1nc(CN2CCN(C(=O)CSc3nnnn3C3CCCC3)CC2)cs1. The van der Waals surface area contributed by atoms with Crippen LogP contribution in [0.5, 0.6) is 0 Å². The van der Waals surface area contributed by atoms with Gasteiger partial charge in [0.2, 0.25) is 11.1 Å². The molecule has 1 saturated carbocycles. The smallest absolute Gasteiger partial charge is 0.233 e. The van der Waals surface area contributed by atoms with Gasteiger partial charge < -0.3 is 4.90 Å². The molecule has 0 atom stereocenters. The number of carbonyl (C=O) groups excluding carboxylic acids is 1. The normalized spacial score (nSPS) is 19.0. The summed E-state index contributed by atoms with van der Waals surface area (Å²) in [5.41, 5.74) is 1.24. The summed E-state index contributed by atoms with van der Waals surface area (Å²) >= 11 is 3.21. The van der Waals surface area contributed by atoms with Crippen LogP contribution in [0.15, 0.2) is 10.5 Å². The second-order valence-corrected chi connectivity index (χ2v) is 11.0. The highest BCUT2D eigenvalue weighted by molar-refractivity contribution is 7.99. The lowest BCUT2D eigenvalue weighted by Crippen LogP contribution is -2.48. The van der Waals surface area contributed by atoms with Gasteiger partial charge in [0, 0.05) is 43.5 Å². The van der Waals surface area contributed by atoms with Gasteiger partial charge in [-0.3, -0.25) is 9.69 Å². The number of tetrazole rings is 1. The van der Waals surface area contributed by atoms with Gasteiger partial charge in [0.05, 0.1) is 22.5 Å². The maximum atomic E-state index is 12.7. The van der Waals surface area contributed by atoms with Crippen molar-refractivity contribution in [2.75, 3.05) is 31.9 Å². The molecule has 2 aromatic heterocycles. The van der Waals surface area contributed by atoms with Gasteiger partial charge in [-0.25, -0.2) is 9.67 Å². The first-order valence-electron chi connectivity index (χ1n) is 10.8. The molecule has 1 amide bonds. The average molecular weight is 450 g/mol. The van der Waals surface area contributed by atoms with Crippen molar-refractivity contribution < 1.29 is 4.79 Å². The first kappa shape index (κ1) is 21.7. The van der Waals surface area contributed by atoms with Gasteiger partial charge in [-0.15, -0.1) is 16.4 Å². The van der Waals surface area contributed by atoms with Gasteiger partial charge in [-0.1, -0.05) is 45.4 Å². The molecule has 0 aromatic carbocycles. The summed E-state index contributed by atoms with van der Waals surface area (Å²) in [6.07, 6.45) is 4.72. The Hall–Kier alpha value is -1.52. The van der Waals surface area contributed by atoms with Crippen LogP contribution in [0.25, 0.3) is 0 Å². The van der Waals surface area contributed by atoms with E-state index < -0.39 is 0 Å². The molecule has 1 saturated heterocycles. The van der Waals surface area contributed by atoms with Gasteiger partial charge in [0.15, 0.2) is 0 Å². The van der Waals surface area contributed by atoms with Crippen molar-refractivity contribution in [3.8, 4) is 0 Å². The van der Waals surface area contributed by atoms with E-state index in [1.807, 2.05) is 9.58 Å². The van der Waals surface area contributed by atoms with Crippen LogP contribution in [0, 0.1) is 0 Å². The third-order valence-electron chi connectivity index (χ3n) is 5.76. The third kappa shape index (κ3) is 5.20. The molecule has 10 heteroatoms. The van der Waals surface area contributed by atoms with Crippen LogP contribution in [0.1, 0.15) is 63.2 Å². The Labute approximate surface area is 186 Å². The van der Waals surface area contributed by atoms with E-state index in [1.54, 1.807) is 11.3 Å². The van der Waals surface area contributed by atoms with Gasteiger partial charge in [-0.05, 0) is 23.3 Å². The quantitative estimate of drug-likeness (QED) is 0.627. The lowest BCUT2D eigenvalue weighted by atomic mass is 9.98. The van der Waals surface area contributed by atoms with Gasteiger partial charge in [0.25, 0.3) is 0 Å². The minimum atomic E-state index is 0.100. The molecular weight excluding hydrogens is 418 g/mol. The van der Waals surface area contributed by atoms with Crippen LogP contribution in [0.4, 0.5) is 0 Å². The predicted octanol–water partition coefficient (Wildman–Crippen LogP) is 2.98. The lowest BCUT2D eigenvalue weighted by molar-refractivity contribution is -0.130. The minimum Gasteiger partial charge on any atom is -0.339 e. The van der Waals surface area contributed by atoms with Crippen molar-refractivity contribution in [1.29, 1.82) is 0 Å². The number of aromatic nitrogens is 5. The van der Waals surface area contributed by atoms with Crippen molar-refractivity contribution in [3.05, 3.63) is 16.1 Å². The summed E-state index contributed by atoms with van der Waals surface area (Å²) in [4.78, 5) is 21.9.